The van der Waals surface area contributed by atoms with Gasteiger partial charge in [0.25, 0.3) is 0 Å². The topological polar surface area (TPSA) is 47.6 Å². The van der Waals surface area contributed by atoms with E-state index < -0.39 is 0 Å². The first-order chi connectivity index (χ1) is 5.68. The summed E-state index contributed by atoms with van der Waals surface area (Å²) in [6.45, 7) is 6.83. The molecule has 0 amide bonds. The highest BCUT2D eigenvalue weighted by molar-refractivity contribution is 5.81. The molecule has 3 heteroatoms. The maximum absolute atomic E-state index is 5.56. The molecular formula is C9H20N2O. The van der Waals surface area contributed by atoms with Crippen molar-refractivity contribution in [2.24, 2.45) is 16.8 Å². The number of hydrogen-bond donors (Lipinski definition) is 1. The van der Waals surface area contributed by atoms with Crippen molar-refractivity contribution in [3.8, 4) is 0 Å². The van der Waals surface area contributed by atoms with Crippen molar-refractivity contribution < 1.29 is 4.84 Å². The van der Waals surface area contributed by atoms with E-state index in [9.17, 15) is 0 Å². The van der Waals surface area contributed by atoms with E-state index in [1.165, 1.54) is 12.8 Å². The maximum atomic E-state index is 5.56. The van der Waals surface area contributed by atoms with Crippen LogP contribution in [0.15, 0.2) is 5.16 Å². The van der Waals surface area contributed by atoms with Crippen LogP contribution in [0.5, 0.6) is 0 Å². The Morgan fingerprint density at radius 3 is 2.58 bits per heavy atom. The Hall–Kier alpha value is -0.730. The van der Waals surface area contributed by atoms with Crippen LogP contribution in [0.25, 0.3) is 0 Å². The van der Waals surface area contributed by atoms with Gasteiger partial charge in [-0.15, -0.1) is 0 Å². The second kappa shape index (κ2) is 6.95. The van der Waals surface area contributed by atoms with Crippen LogP contribution in [0.4, 0.5) is 0 Å². The molecular weight excluding hydrogens is 152 g/mol. The molecule has 3 nitrogen and oxygen atoms in total. The molecule has 0 radical (unpaired) electrons. The second-order valence-corrected chi connectivity index (χ2v) is 3.21. The van der Waals surface area contributed by atoms with Gasteiger partial charge in [0.15, 0.2) is 0 Å². The smallest absolute Gasteiger partial charge is 0.141 e. The fourth-order valence-electron chi connectivity index (χ4n) is 0.642. The first kappa shape index (κ1) is 11.3. The molecule has 0 aliphatic rings. The third-order valence-corrected chi connectivity index (χ3v) is 1.60. The van der Waals surface area contributed by atoms with Gasteiger partial charge in [-0.3, -0.25) is 0 Å². The highest BCUT2D eigenvalue weighted by Gasteiger charge is 1.98. The van der Waals surface area contributed by atoms with E-state index in [0.717, 1.165) is 6.42 Å². The Morgan fingerprint density at radius 2 is 2.08 bits per heavy atom. The van der Waals surface area contributed by atoms with Crippen molar-refractivity contribution in [1.29, 1.82) is 0 Å². The summed E-state index contributed by atoms with van der Waals surface area (Å²) in [5, 5.41) is 3.79. The van der Waals surface area contributed by atoms with E-state index in [-0.39, 0.29) is 5.92 Å². The van der Waals surface area contributed by atoms with Gasteiger partial charge >= 0.3 is 0 Å². The van der Waals surface area contributed by atoms with Crippen LogP contribution >= 0.6 is 0 Å². The molecule has 0 atom stereocenters. The molecule has 0 heterocycles. The third-order valence-electron chi connectivity index (χ3n) is 1.60. The van der Waals surface area contributed by atoms with Gasteiger partial charge in [0.05, 0.1) is 0 Å². The Morgan fingerprint density at radius 1 is 1.42 bits per heavy atom. The van der Waals surface area contributed by atoms with Crippen molar-refractivity contribution in [3.63, 3.8) is 0 Å². The van der Waals surface area contributed by atoms with E-state index in [0.29, 0.717) is 12.4 Å². The number of rotatable bonds is 6. The zero-order valence-electron chi connectivity index (χ0n) is 8.34. The molecule has 0 aliphatic carbocycles. The van der Waals surface area contributed by atoms with Crippen LogP contribution in [0.2, 0.25) is 0 Å². The first-order valence-electron chi connectivity index (χ1n) is 4.63. The largest absolute Gasteiger partial charge is 0.394 e. The van der Waals surface area contributed by atoms with Gasteiger partial charge in [0, 0.05) is 5.92 Å². The summed E-state index contributed by atoms with van der Waals surface area (Å²) in [6.07, 6.45) is 3.45. The number of nitrogens with zero attached hydrogens (tertiary/aromatic N) is 1. The van der Waals surface area contributed by atoms with Gasteiger partial charge in [-0.2, -0.15) is 0 Å². The van der Waals surface area contributed by atoms with Gasteiger partial charge in [0.1, 0.15) is 12.4 Å². The molecule has 0 aromatic carbocycles. The number of nitrogens with two attached hydrogens (primary N) is 1. The molecule has 0 saturated heterocycles. The van der Waals surface area contributed by atoms with E-state index in [4.69, 9.17) is 10.6 Å². The zero-order chi connectivity index (χ0) is 9.40. The molecule has 0 spiro atoms. The molecule has 0 fully saturated rings. The SMILES string of the molecule is CCCCCO/N=C(/N)C(C)C. The van der Waals surface area contributed by atoms with Gasteiger partial charge in [-0.05, 0) is 6.42 Å². The minimum atomic E-state index is 0.274. The summed E-state index contributed by atoms with van der Waals surface area (Å²) in [5.74, 6) is 0.850. The first-order valence-corrected chi connectivity index (χ1v) is 4.63. The average Bonchev–Trinajstić information content (AvgIpc) is 2.03. The van der Waals surface area contributed by atoms with Gasteiger partial charge in [0.2, 0.25) is 0 Å². The lowest BCUT2D eigenvalue weighted by Gasteiger charge is -2.03. The summed E-state index contributed by atoms with van der Waals surface area (Å²) >= 11 is 0. The number of amidine groups is 1. The van der Waals surface area contributed by atoms with Gasteiger partial charge in [-0.25, -0.2) is 0 Å². The van der Waals surface area contributed by atoms with Gasteiger partial charge in [-0.1, -0.05) is 38.8 Å². The van der Waals surface area contributed by atoms with E-state index in [1.54, 1.807) is 0 Å². The second-order valence-electron chi connectivity index (χ2n) is 3.21. The van der Waals surface area contributed by atoms with Crippen molar-refractivity contribution in [1.82, 2.24) is 0 Å². The van der Waals surface area contributed by atoms with Crippen molar-refractivity contribution >= 4 is 5.84 Å². The predicted octanol–water partition coefficient (Wildman–Crippen LogP) is 2.12. The minimum absolute atomic E-state index is 0.274. The Balaban J connectivity index is 3.34. The van der Waals surface area contributed by atoms with Gasteiger partial charge < -0.3 is 10.6 Å². The van der Waals surface area contributed by atoms with Crippen LogP contribution in [0.3, 0.4) is 0 Å². The lowest BCUT2D eigenvalue weighted by molar-refractivity contribution is 0.138. The standard InChI is InChI=1S/C9H20N2O/c1-4-5-6-7-12-11-9(10)8(2)3/h8H,4-7H2,1-3H3,(H2,10,11). The molecule has 0 bridgehead atoms. The van der Waals surface area contributed by atoms with Crippen LogP contribution in [-0.2, 0) is 4.84 Å². The fourth-order valence-corrected chi connectivity index (χ4v) is 0.642. The summed E-state index contributed by atoms with van der Waals surface area (Å²) in [4.78, 5) is 5.02. The molecule has 0 rings (SSSR count). The van der Waals surface area contributed by atoms with Crippen LogP contribution in [0.1, 0.15) is 40.0 Å². The average molecular weight is 172 g/mol. The van der Waals surface area contributed by atoms with Crippen molar-refractivity contribution in [2.45, 2.75) is 40.0 Å². The summed E-state index contributed by atoms with van der Waals surface area (Å²) in [7, 11) is 0. The Bertz CT molecular complexity index is 132. The molecule has 72 valence electrons. The molecule has 0 aliphatic heterocycles. The van der Waals surface area contributed by atoms with Crippen molar-refractivity contribution in [2.75, 3.05) is 6.61 Å². The molecule has 0 saturated carbocycles. The fraction of sp³-hybridized carbons (Fsp3) is 0.889. The number of oxime groups is 1. The predicted molar refractivity (Wildman–Crippen MR) is 51.9 cm³/mol. The molecule has 0 aromatic heterocycles. The number of unbranched alkanes of at least 4 members (excludes halogenated alkanes) is 2. The van der Waals surface area contributed by atoms with Crippen molar-refractivity contribution in [3.05, 3.63) is 0 Å². The molecule has 12 heavy (non-hydrogen) atoms. The Labute approximate surface area is 75.0 Å². The Kier molecular flexibility index (Phi) is 6.53. The lowest BCUT2D eigenvalue weighted by atomic mass is 10.2. The molecule has 0 aromatic rings. The third kappa shape index (κ3) is 6.01. The summed E-state index contributed by atoms with van der Waals surface area (Å²) in [6, 6.07) is 0. The zero-order valence-corrected chi connectivity index (χ0v) is 8.34. The highest BCUT2D eigenvalue weighted by atomic mass is 16.6. The van der Waals surface area contributed by atoms with E-state index in [2.05, 4.69) is 12.1 Å². The minimum Gasteiger partial charge on any atom is -0.394 e. The normalized spacial score (nSPS) is 12.2. The van der Waals surface area contributed by atoms with Crippen LogP contribution in [-0.4, -0.2) is 12.4 Å². The lowest BCUT2D eigenvalue weighted by Crippen LogP contribution is -2.19. The quantitative estimate of drug-likeness (QED) is 0.289. The highest BCUT2D eigenvalue weighted by Crippen LogP contribution is 1.96. The van der Waals surface area contributed by atoms with Crippen LogP contribution in [0, 0.1) is 5.92 Å². The monoisotopic (exact) mass is 172 g/mol. The molecule has 2 N–H and O–H groups in total. The summed E-state index contributed by atoms with van der Waals surface area (Å²) in [5.41, 5.74) is 5.56. The van der Waals surface area contributed by atoms with E-state index >= 15 is 0 Å². The maximum Gasteiger partial charge on any atom is 0.141 e. The van der Waals surface area contributed by atoms with E-state index in [1.807, 2.05) is 13.8 Å². The molecule has 0 unspecified atom stereocenters. The van der Waals surface area contributed by atoms with Crippen LogP contribution < -0.4 is 5.73 Å². The summed E-state index contributed by atoms with van der Waals surface area (Å²) < 4.78 is 0. The number of hydrogen-bond acceptors (Lipinski definition) is 2.